The van der Waals surface area contributed by atoms with Crippen molar-refractivity contribution in [2.45, 2.75) is 6.43 Å². The second-order valence-corrected chi connectivity index (χ2v) is 3.30. The van der Waals surface area contributed by atoms with Crippen LogP contribution < -0.4 is 0 Å². The monoisotopic (exact) mass is 281 g/mol. The van der Waals surface area contributed by atoms with Gasteiger partial charge in [-0.25, -0.2) is 18.6 Å². The van der Waals surface area contributed by atoms with Gasteiger partial charge in [-0.15, -0.1) is 0 Å². The first-order valence-electron chi connectivity index (χ1n) is 3.72. The van der Waals surface area contributed by atoms with Gasteiger partial charge in [-0.2, -0.15) is 0 Å². The largest absolute Gasteiger partial charge is 0.505 e. The van der Waals surface area contributed by atoms with Gasteiger partial charge in [0.25, 0.3) is 6.43 Å². The summed E-state index contributed by atoms with van der Waals surface area (Å²) in [5.74, 6) is -1.44. The van der Waals surface area contributed by atoms with Crippen LogP contribution in [0.2, 0.25) is 0 Å². The van der Waals surface area contributed by atoms with E-state index in [4.69, 9.17) is 5.11 Å². The molecule has 0 saturated carbocycles. The number of hydrogen-bond acceptors (Lipinski definition) is 4. The third-order valence-electron chi connectivity index (χ3n) is 1.63. The molecule has 0 atom stereocenters. The molecule has 0 aromatic carbocycles. The molecule has 0 aliphatic heterocycles. The Morgan fingerprint density at radius 3 is 2.73 bits per heavy atom. The van der Waals surface area contributed by atoms with Gasteiger partial charge in [-0.3, -0.25) is 0 Å². The summed E-state index contributed by atoms with van der Waals surface area (Å²) in [6, 6.07) is 0. The zero-order valence-electron chi connectivity index (χ0n) is 7.50. The zero-order chi connectivity index (χ0) is 11.6. The highest BCUT2D eigenvalue weighted by Crippen LogP contribution is 2.35. The van der Waals surface area contributed by atoms with E-state index in [1.165, 1.54) is 0 Å². The smallest absolute Gasteiger partial charge is 0.357 e. The molecule has 0 aliphatic rings. The third kappa shape index (κ3) is 2.23. The Kier molecular flexibility index (Phi) is 3.57. The first-order chi connectivity index (χ1) is 6.99. The van der Waals surface area contributed by atoms with Gasteiger partial charge in [-0.05, 0) is 15.9 Å². The number of carbonyl (C=O) groups is 1. The summed E-state index contributed by atoms with van der Waals surface area (Å²) in [6.07, 6.45) is -2.05. The Morgan fingerprint density at radius 1 is 1.67 bits per heavy atom. The third-order valence-corrected chi connectivity index (χ3v) is 2.46. The van der Waals surface area contributed by atoms with Crippen LogP contribution in [0.4, 0.5) is 8.78 Å². The van der Waals surface area contributed by atoms with E-state index >= 15 is 0 Å². The quantitative estimate of drug-likeness (QED) is 0.845. The normalized spacial score (nSPS) is 10.5. The maximum Gasteiger partial charge on any atom is 0.357 e. The molecule has 0 spiro atoms. The van der Waals surface area contributed by atoms with Gasteiger partial charge in [0.05, 0.1) is 23.3 Å². The number of nitrogens with zero attached hydrogens (tertiary/aromatic N) is 1. The van der Waals surface area contributed by atoms with Crippen LogP contribution in [0.3, 0.4) is 0 Å². The molecular weight excluding hydrogens is 276 g/mol. The second kappa shape index (κ2) is 4.52. The average molecular weight is 282 g/mol. The van der Waals surface area contributed by atoms with Gasteiger partial charge in [-0.1, -0.05) is 0 Å². The number of alkyl halides is 2. The van der Waals surface area contributed by atoms with Gasteiger partial charge >= 0.3 is 5.97 Å². The van der Waals surface area contributed by atoms with E-state index in [0.717, 1.165) is 13.3 Å². The van der Waals surface area contributed by atoms with Crippen molar-refractivity contribution in [3.63, 3.8) is 0 Å². The fourth-order valence-electron chi connectivity index (χ4n) is 0.952. The van der Waals surface area contributed by atoms with Crippen LogP contribution in [-0.4, -0.2) is 23.2 Å². The number of hydrogen-bond donors (Lipinski definition) is 1. The fourth-order valence-corrected chi connectivity index (χ4v) is 1.42. The molecule has 0 unspecified atom stereocenters. The van der Waals surface area contributed by atoms with E-state index in [1.54, 1.807) is 0 Å². The van der Waals surface area contributed by atoms with Crippen molar-refractivity contribution >= 4 is 21.9 Å². The first kappa shape index (κ1) is 11.8. The zero-order valence-corrected chi connectivity index (χ0v) is 9.09. The van der Waals surface area contributed by atoms with E-state index in [1.807, 2.05) is 0 Å². The molecule has 7 heteroatoms. The van der Waals surface area contributed by atoms with E-state index < -0.39 is 29.4 Å². The molecule has 1 aromatic rings. The minimum atomic E-state index is -2.94. The van der Waals surface area contributed by atoms with Crippen molar-refractivity contribution in [2.75, 3.05) is 7.11 Å². The summed E-state index contributed by atoms with van der Waals surface area (Å²) in [5, 5.41) is 9.13. The second-order valence-electron chi connectivity index (χ2n) is 2.51. The van der Waals surface area contributed by atoms with Crippen LogP contribution in [0.5, 0.6) is 5.75 Å². The summed E-state index contributed by atoms with van der Waals surface area (Å²) >= 11 is 2.75. The van der Waals surface area contributed by atoms with Crippen molar-refractivity contribution in [3.05, 3.63) is 21.9 Å². The number of rotatable bonds is 2. The van der Waals surface area contributed by atoms with E-state index in [-0.39, 0.29) is 4.47 Å². The number of carbonyl (C=O) groups excluding carboxylic acids is 1. The van der Waals surface area contributed by atoms with Crippen LogP contribution in [0.15, 0.2) is 10.7 Å². The lowest BCUT2D eigenvalue weighted by molar-refractivity contribution is 0.0581. The van der Waals surface area contributed by atoms with Crippen molar-refractivity contribution in [2.24, 2.45) is 0 Å². The average Bonchev–Trinajstić information content (AvgIpc) is 2.20. The van der Waals surface area contributed by atoms with Crippen LogP contribution >= 0.6 is 15.9 Å². The Labute approximate surface area is 92.0 Å². The van der Waals surface area contributed by atoms with Crippen LogP contribution in [-0.2, 0) is 4.74 Å². The minimum Gasteiger partial charge on any atom is -0.505 e. The Bertz CT molecular complexity index is 398. The van der Waals surface area contributed by atoms with Gasteiger partial charge < -0.3 is 9.84 Å². The topological polar surface area (TPSA) is 59.4 Å². The lowest BCUT2D eigenvalue weighted by Crippen LogP contribution is -2.09. The summed E-state index contributed by atoms with van der Waals surface area (Å²) in [4.78, 5) is 14.5. The number of halogens is 3. The van der Waals surface area contributed by atoms with Crippen LogP contribution in [0.25, 0.3) is 0 Å². The Morgan fingerprint density at radius 2 is 2.27 bits per heavy atom. The van der Waals surface area contributed by atoms with Crippen LogP contribution in [0, 0.1) is 0 Å². The number of ether oxygens (including phenoxy) is 1. The van der Waals surface area contributed by atoms with Crippen LogP contribution in [0.1, 0.15) is 22.5 Å². The first-order valence-corrected chi connectivity index (χ1v) is 4.52. The number of methoxy groups -OCH3 is 1. The molecule has 82 valence electrons. The Hall–Kier alpha value is -1.24. The maximum atomic E-state index is 12.6. The molecule has 0 radical (unpaired) electrons. The molecular formula is C8H6BrF2NO3. The highest BCUT2D eigenvalue weighted by Gasteiger charge is 2.25. The van der Waals surface area contributed by atoms with Crippen molar-refractivity contribution < 1.29 is 23.4 Å². The number of aromatic hydroxyl groups is 1. The van der Waals surface area contributed by atoms with E-state index in [2.05, 4.69) is 25.7 Å². The SMILES string of the molecule is COC(=O)c1ncc(O)c(Br)c1C(F)F. The number of pyridine rings is 1. The summed E-state index contributed by atoms with van der Waals surface area (Å²) in [7, 11) is 1.06. The molecule has 0 amide bonds. The standard InChI is InChI=1S/C8H6BrF2NO3/c1-15-8(14)6-4(7(10)11)5(9)3(13)2-12-6/h2,7,13H,1H3. The van der Waals surface area contributed by atoms with E-state index in [0.29, 0.717) is 0 Å². The summed E-state index contributed by atoms with van der Waals surface area (Å²) < 4.78 is 29.2. The fraction of sp³-hybridized carbons (Fsp3) is 0.250. The lowest BCUT2D eigenvalue weighted by Gasteiger charge is -2.09. The van der Waals surface area contributed by atoms with E-state index in [9.17, 15) is 13.6 Å². The number of esters is 1. The molecule has 0 fully saturated rings. The van der Waals surface area contributed by atoms with Gasteiger partial charge in [0.2, 0.25) is 0 Å². The molecule has 4 nitrogen and oxygen atoms in total. The molecule has 0 saturated heterocycles. The lowest BCUT2D eigenvalue weighted by atomic mass is 10.2. The minimum absolute atomic E-state index is 0.257. The molecule has 1 aromatic heterocycles. The predicted molar refractivity (Wildman–Crippen MR) is 49.9 cm³/mol. The van der Waals surface area contributed by atoms with Gasteiger partial charge in [0, 0.05) is 0 Å². The predicted octanol–water partition coefficient (Wildman–Crippen LogP) is 2.27. The number of aromatic nitrogens is 1. The molecule has 0 bridgehead atoms. The molecule has 1 heterocycles. The molecule has 1 N–H and O–H groups in total. The Balaban J connectivity index is 3.40. The van der Waals surface area contributed by atoms with Crippen molar-refractivity contribution in [1.29, 1.82) is 0 Å². The highest BCUT2D eigenvalue weighted by molar-refractivity contribution is 9.10. The molecule has 15 heavy (non-hydrogen) atoms. The summed E-state index contributed by atoms with van der Waals surface area (Å²) in [6.45, 7) is 0. The molecule has 1 rings (SSSR count). The maximum absolute atomic E-state index is 12.6. The van der Waals surface area contributed by atoms with Gasteiger partial charge in [0.15, 0.2) is 5.69 Å². The molecule has 0 aliphatic carbocycles. The van der Waals surface area contributed by atoms with Crippen molar-refractivity contribution in [3.8, 4) is 5.75 Å². The van der Waals surface area contributed by atoms with Crippen molar-refractivity contribution in [1.82, 2.24) is 4.98 Å². The van der Waals surface area contributed by atoms with Gasteiger partial charge in [0.1, 0.15) is 5.75 Å². The summed E-state index contributed by atoms with van der Waals surface area (Å²) in [5.41, 5.74) is -1.20. The highest BCUT2D eigenvalue weighted by atomic mass is 79.9.